The van der Waals surface area contributed by atoms with E-state index in [4.69, 9.17) is 9.84 Å². The second-order valence-electron chi connectivity index (χ2n) is 4.48. The van der Waals surface area contributed by atoms with Crippen molar-refractivity contribution in [3.05, 3.63) is 35.9 Å². The number of hydrogen-bond acceptors (Lipinski definition) is 3. The molecule has 2 N–H and O–H groups in total. The lowest BCUT2D eigenvalue weighted by Crippen LogP contribution is -2.41. The summed E-state index contributed by atoms with van der Waals surface area (Å²) in [5, 5.41) is 11.9. The maximum atomic E-state index is 12.1. The number of aliphatic hydroxyl groups excluding tert-OH is 1. The number of rotatable bonds is 6. The molecule has 0 aliphatic heterocycles. The quantitative estimate of drug-likeness (QED) is 0.805. The highest BCUT2D eigenvalue weighted by Crippen LogP contribution is 2.17. The lowest BCUT2D eigenvalue weighted by atomic mass is 10.0. The van der Waals surface area contributed by atoms with Gasteiger partial charge < -0.3 is 15.2 Å². The Labute approximate surface area is 108 Å². The number of aliphatic hydroxyl groups is 1. The lowest BCUT2D eigenvalue weighted by Gasteiger charge is -2.22. The third kappa shape index (κ3) is 3.82. The molecule has 3 atom stereocenters. The average Bonchev–Trinajstić information content (AvgIpc) is 2.39. The van der Waals surface area contributed by atoms with Crippen LogP contribution in [0.1, 0.15) is 25.5 Å². The molecule has 1 amide bonds. The predicted octanol–water partition coefficient (Wildman–Crippen LogP) is 1.51. The Morgan fingerprint density at radius 3 is 2.44 bits per heavy atom. The number of methoxy groups -OCH3 is 1. The van der Waals surface area contributed by atoms with Gasteiger partial charge in [0.2, 0.25) is 0 Å². The van der Waals surface area contributed by atoms with Gasteiger partial charge in [-0.3, -0.25) is 4.79 Å². The number of carbonyl (C=O) groups is 1. The van der Waals surface area contributed by atoms with Gasteiger partial charge >= 0.3 is 0 Å². The van der Waals surface area contributed by atoms with E-state index in [1.165, 1.54) is 7.11 Å². The molecule has 0 spiro atoms. The summed E-state index contributed by atoms with van der Waals surface area (Å²) < 4.78 is 5.24. The molecule has 18 heavy (non-hydrogen) atoms. The van der Waals surface area contributed by atoms with E-state index in [-0.39, 0.29) is 24.5 Å². The number of carbonyl (C=O) groups excluding carboxylic acids is 1. The van der Waals surface area contributed by atoms with E-state index >= 15 is 0 Å². The smallest absolute Gasteiger partial charge is 0.253 e. The Kier molecular flexibility index (Phi) is 5.82. The molecule has 0 bridgehead atoms. The minimum atomic E-state index is -0.612. The number of hydrogen-bond donors (Lipinski definition) is 2. The van der Waals surface area contributed by atoms with E-state index in [9.17, 15) is 4.79 Å². The van der Waals surface area contributed by atoms with Crippen molar-refractivity contribution < 1.29 is 14.6 Å². The first-order valence-electron chi connectivity index (χ1n) is 6.09. The summed E-state index contributed by atoms with van der Waals surface area (Å²) in [5.41, 5.74) is 0.821. The van der Waals surface area contributed by atoms with Gasteiger partial charge in [-0.1, -0.05) is 37.3 Å². The zero-order valence-corrected chi connectivity index (χ0v) is 11.1. The normalized spacial score (nSPS) is 15.8. The molecule has 0 aliphatic rings. The van der Waals surface area contributed by atoms with Crippen LogP contribution in [0.4, 0.5) is 0 Å². The van der Waals surface area contributed by atoms with E-state index in [2.05, 4.69) is 5.32 Å². The molecular formula is C14H21NO3. The van der Waals surface area contributed by atoms with Crippen LogP contribution in [0, 0.1) is 5.92 Å². The van der Waals surface area contributed by atoms with Gasteiger partial charge in [0.25, 0.3) is 5.91 Å². The number of amides is 1. The Morgan fingerprint density at radius 2 is 1.94 bits per heavy atom. The fourth-order valence-corrected chi connectivity index (χ4v) is 1.62. The van der Waals surface area contributed by atoms with Crippen LogP contribution in [0.15, 0.2) is 30.3 Å². The van der Waals surface area contributed by atoms with Crippen molar-refractivity contribution in [2.24, 2.45) is 5.92 Å². The summed E-state index contributed by atoms with van der Waals surface area (Å²) in [6.45, 7) is 3.80. The molecule has 0 radical (unpaired) electrons. The van der Waals surface area contributed by atoms with Crippen molar-refractivity contribution in [3.8, 4) is 0 Å². The van der Waals surface area contributed by atoms with Gasteiger partial charge in [-0.2, -0.15) is 0 Å². The van der Waals surface area contributed by atoms with Crippen molar-refractivity contribution in [1.82, 2.24) is 5.32 Å². The summed E-state index contributed by atoms with van der Waals surface area (Å²) in [7, 11) is 1.51. The Balaban J connectivity index is 2.69. The average molecular weight is 251 g/mol. The molecule has 0 fully saturated rings. The fraction of sp³-hybridized carbons (Fsp3) is 0.500. The molecule has 4 nitrogen and oxygen atoms in total. The summed E-state index contributed by atoms with van der Waals surface area (Å²) in [6, 6.07) is 9.25. The van der Waals surface area contributed by atoms with Gasteiger partial charge in [0.05, 0.1) is 0 Å². The van der Waals surface area contributed by atoms with E-state index in [0.717, 1.165) is 5.56 Å². The maximum Gasteiger partial charge on any atom is 0.253 e. The number of nitrogens with one attached hydrogen (secondary N) is 1. The summed E-state index contributed by atoms with van der Waals surface area (Å²) in [4.78, 5) is 12.1. The van der Waals surface area contributed by atoms with Crippen LogP contribution in [0.3, 0.4) is 0 Å². The van der Waals surface area contributed by atoms with Crippen molar-refractivity contribution >= 4 is 5.91 Å². The molecule has 100 valence electrons. The van der Waals surface area contributed by atoms with Crippen molar-refractivity contribution in [3.63, 3.8) is 0 Å². The van der Waals surface area contributed by atoms with Crippen LogP contribution >= 0.6 is 0 Å². The third-order valence-corrected chi connectivity index (χ3v) is 3.09. The van der Waals surface area contributed by atoms with Gasteiger partial charge in [-0.05, 0) is 18.4 Å². The lowest BCUT2D eigenvalue weighted by molar-refractivity contribution is -0.132. The highest BCUT2D eigenvalue weighted by molar-refractivity contribution is 5.82. The SMILES string of the molecule is COC(C(=O)NC(C)C(C)CO)c1ccccc1. The van der Waals surface area contributed by atoms with Gasteiger partial charge in [0.15, 0.2) is 6.10 Å². The molecule has 0 heterocycles. The topological polar surface area (TPSA) is 58.6 Å². The van der Waals surface area contributed by atoms with Crippen molar-refractivity contribution in [1.29, 1.82) is 0 Å². The number of ether oxygens (including phenoxy) is 1. The molecule has 1 aromatic carbocycles. The molecule has 4 heteroatoms. The first-order valence-corrected chi connectivity index (χ1v) is 6.09. The first kappa shape index (κ1) is 14.7. The minimum Gasteiger partial charge on any atom is -0.396 e. The standard InChI is InChI=1S/C14H21NO3/c1-10(9-16)11(2)15-14(17)13(18-3)12-7-5-4-6-8-12/h4-8,10-11,13,16H,9H2,1-3H3,(H,15,17). The van der Waals surface area contributed by atoms with Crippen LogP contribution in [0.2, 0.25) is 0 Å². The Hall–Kier alpha value is -1.39. The second-order valence-corrected chi connectivity index (χ2v) is 4.48. The van der Waals surface area contributed by atoms with Crippen LogP contribution < -0.4 is 5.32 Å². The molecule has 1 aromatic rings. The van der Waals surface area contributed by atoms with Gasteiger partial charge in [-0.15, -0.1) is 0 Å². The maximum absolute atomic E-state index is 12.1. The monoisotopic (exact) mass is 251 g/mol. The predicted molar refractivity (Wildman–Crippen MR) is 70.0 cm³/mol. The zero-order chi connectivity index (χ0) is 13.5. The molecule has 0 aromatic heterocycles. The number of benzene rings is 1. The first-order chi connectivity index (χ1) is 8.60. The Morgan fingerprint density at radius 1 is 1.33 bits per heavy atom. The van der Waals surface area contributed by atoms with Crippen LogP contribution in [-0.2, 0) is 9.53 Å². The van der Waals surface area contributed by atoms with Gasteiger partial charge in [0, 0.05) is 19.8 Å². The molecule has 0 aliphatic carbocycles. The highest BCUT2D eigenvalue weighted by Gasteiger charge is 2.22. The summed E-state index contributed by atoms with van der Waals surface area (Å²) in [6.07, 6.45) is -0.612. The van der Waals surface area contributed by atoms with E-state index < -0.39 is 6.10 Å². The molecular weight excluding hydrogens is 230 g/mol. The molecule has 3 unspecified atom stereocenters. The minimum absolute atomic E-state index is 0.0160. The van der Waals surface area contributed by atoms with E-state index in [1.54, 1.807) is 0 Å². The second kappa shape index (κ2) is 7.13. The fourth-order valence-electron chi connectivity index (χ4n) is 1.62. The van der Waals surface area contributed by atoms with Gasteiger partial charge in [0.1, 0.15) is 0 Å². The molecule has 1 rings (SSSR count). The molecule has 0 saturated heterocycles. The molecule has 0 saturated carbocycles. The largest absolute Gasteiger partial charge is 0.396 e. The van der Waals surface area contributed by atoms with Gasteiger partial charge in [-0.25, -0.2) is 0 Å². The van der Waals surface area contributed by atoms with E-state index in [0.29, 0.717) is 0 Å². The van der Waals surface area contributed by atoms with Crippen molar-refractivity contribution in [2.75, 3.05) is 13.7 Å². The summed E-state index contributed by atoms with van der Waals surface area (Å²) >= 11 is 0. The Bertz CT molecular complexity index is 367. The summed E-state index contributed by atoms with van der Waals surface area (Å²) in [5.74, 6) is -0.168. The highest BCUT2D eigenvalue weighted by atomic mass is 16.5. The van der Waals surface area contributed by atoms with Crippen LogP contribution in [-0.4, -0.2) is 30.8 Å². The van der Waals surface area contributed by atoms with Crippen LogP contribution in [0.5, 0.6) is 0 Å². The third-order valence-electron chi connectivity index (χ3n) is 3.09. The van der Waals surface area contributed by atoms with E-state index in [1.807, 2.05) is 44.2 Å². The zero-order valence-electron chi connectivity index (χ0n) is 11.1. The van der Waals surface area contributed by atoms with Crippen molar-refractivity contribution in [2.45, 2.75) is 26.0 Å². The van der Waals surface area contributed by atoms with Crippen LogP contribution in [0.25, 0.3) is 0 Å².